The Labute approximate surface area is 130 Å². The standard InChI is InChI=1S/C15H13BrN2O3/c16-12-5-7-13(8-6-12)21-10-15(20)18-17-9-11-3-1-2-4-14(11)19/h1-9,19H,10H2,(H,18,20). The van der Waals surface area contributed by atoms with Crippen molar-refractivity contribution in [2.75, 3.05) is 6.61 Å². The van der Waals surface area contributed by atoms with Gasteiger partial charge in [-0.1, -0.05) is 28.1 Å². The number of rotatable bonds is 5. The van der Waals surface area contributed by atoms with Crippen molar-refractivity contribution in [2.45, 2.75) is 0 Å². The zero-order chi connectivity index (χ0) is 15.1. The van der Waals surface area contributed by atoms with Gasteiger partial charge in [-0.15, -0.1) is 0 Å². The zero-order valence-corrected chi connectivity index (χ0v) is 12.6. The average molecular weight is 349 g/mol. The summed E-state index contributed by atoms with van der Waals surface area (Å²) in [6.07, 6.45) is 1.37. The summed E-state index contributed by atoms with van der Waals surface area (Å²) in [6.45, 7) is -0.139. The van der Waals surface area contributed by atoms with E-state index < -0.39 is 0 Å². The van der Waals surface area contributed by atoms with Gasteiger partial charge in [0.15, 0.2) is 6.61 Å². The van der Waals surface area contributed by atoms with E-state index in [0.717, 1.165) is 4.47 Å². The van der Waals surface area contributed by atoms with Gasteiger partial charge in [0.2, 0.25) is 0 Å². The average Bonchev–Trinajstić information content (AvgIpc) is 2.49. The largest absolute Gasteiger partial charge is 0.507 e. The first kappa shape index (κ1) is 15.1. The van der Waals surface area contributed by atoms with Crippen LogP contribution in [0.15, 0.2) is 58.1 Å². The number of halogens is 1. The molecule has 0 unspecified atom stereocenters. The monoisotopic (exact) mass is 348 g/mol. The van der Waals surface area contributed by atoms with Gasteiger partial charge in [0, 0.05) is 10.0 Å². The number of benzene rings is 2. The Kier molecular flexibility index (Phi) is 5.34. The molecule has 0 aromatic heterocycles. The number of hydrazone groups is 1. The van der Waals surface area contributed by atoms with Crippen molar-refractivity contribution in [3.63, 3.8) is 0 Å². The lowest BCUT2D eigenvalue weighted by molar-refractivity contribution is -0.123. The fourth-order valence-electron chi connectivity index (χ4n) is 1.48. The second-order valence-electron chi connectivity index (χ2n) is 4.09. The van der Waals surface area contributed by atoms with Crippen molar-refractivity contribution < 1.29 is 14.6 Å². The lowest BCUT2D eigenvalue weighted by Crippen LogP contribution is -2.24. The van der Waals surface area contributed by atoms with Gasteiger partial charge in [-0.05, 0) is 36.4 Å². The van der Waals surface area contributed by atoms with Crippen LogP contribution in [0.4, 0.5) is 0 Å². The quantitative estimate of drug-likeness (QED) is 0.644. The maximum atomic E-state index is 11.5. The van der Waals surface area contributed by atoms with Crippen LogP contribution in [0.3, 0.4) is 0 Å². The van der Waals surface area contributed by atoms with Crippen LogP contribution in [0.5, 0.6) is 11.5 Å². The van der Waals surface area contributed by atoms with Crippen molar-refractivity contribution in [3.8, 4) is 11.5 Å². The van der Waals surface area contributed by atoms with Gasteiger partial charge in [0.1, 0.15) is 11.5 Å². The van der Waals surface area contributed by atoms with Crippen molar-refractivity contribution >= 4 is 28.1 Å². The molecule has 0 aliphatic heterocycles. The minimum Gasteiger partial charge on any atom is -0.507 e. The molecule has 0 aliphatic rings. The van der Waals surface area contributed by atoms with E-state index in [4.69, 9.17) is 4.74 Å². The number of hydrogen-bond donors (Lipinski definition) is 2. The summed E-state index contributed by atoms with van der Waals surface area (Å²) in [7, 11) is 0. The Morgan fingerprint density at radius 1 is 1.24 bits per heavy atom. The van der Waals surface area contributed by atoms with E-state index in [1.807, 2.05) is 12.1 Å². The molecule has 21 heavy (non-hydrogen) atoms. The minimum atomic E-state index is -0.385. The van der Waals surface area contributed by atoms with Crippen LogP contribution in [0.2, 0.25) is 0 Å². The highest BCUT2D eigenvalue weighted by molar-refractivity contribution is 9.10. The highest BCUT2D eigenvalue weighted by atomic mass is 79.9. The van der Waals surface area contributed by atoms with Gasteiger partial charge in [0.25, 0.3) is 5.91 Å². The SMILES string of the molecule is O=C(COc1ccc(Br)cc1)NN=Cc1ccccc1O. The third-order valence-corrected chi connectivity index (χ3v) is 3.04. The maximum Gasteiger partial charge on any atom is 0.277 e. The van der Waals surface area contributed by atoms with Crippen LogP contribution in [0, 0.1) is 0 Å². The number of carbonyl (C=O) groups excluding carboxylic acids is 1. The predicted octanol–water partition coefficient (Wildman–Crippen LogP) is 2.68. The Bertz CT molecular complexity index is 642. The highest BCUT2D eigenvalue weighted by Gasteiger charge is 2.01. The summed E-state index contributed by atoms with van der Waals surface area (Å²) in [6, 6.07) is 13.8. The molecule has 0 atom stereocenters. The first-order valence-corrected chi connectivity index (χ1v) is 6.93. The van der Waals surface area contributed by atoms with Crippen LogP contribution < -0.4 is 10.2 Å². The summed E-state index contributed by atoms with van der Waals surface area (Å²) in [4.78, 5) is 11.5. The number of phenols is 1. The summed E-state index contributed by atoms with van der Waals surface area (Å²) in [5, 5.41) is 13.3. The van der Waals surface area contributed by atoms with Crippen LogP contribution in [-0.2, 0) is 4.79 Å². The van der Waals surface area contributed by atoms with Crippen molar-refractivity contribution in [1.82, 2.24) is 5.43 Å². The fraction of sp³-hybridized carbons (Fsp3) is 0.0667. The highest BCUT2D eigenvalue weighted by Crippen LogP contribution is 2.15. The number of para-hydroxylation sites is 1. The normalized spacial score (nSPS) is 10.5. The molecular formula is C15H13BrN2O3. The molecule has 6 heteroatoms. The number of nitrogens with one attached hydrogen (secondary N) is 1. The molecule has 108 valence electrons. The lowest BCUT2D eigenvalue weighted by atomic mass is 10.2. The Morgan fingerprint density at radius 2 is 1.95 bits per heavy atom. The maximum absolute atomic E-state index is 11.5. The van der Waals surface area contributed by atoms with Gasteiger partial charge < -0.3 is 9.84 Å². The molecule has 0 aliphatic carbocycles. The molecule has 0 bridgehead atoms. The molecule has 0 fully saturated rings. The number of phenolic OH excluding ortho intramolecular Hbond substituents is 1. The number of aromatic hydroxyl groups is 1. The fourth-order valence-corrected chi connectivity index (χ4v) is 1.75. The van der Waals surface area contributed by atoms with Gasteiger partial charge >= 0.3 is 0 Å². The van der Waals surface area contributed by atoms with Crippen molar-refractivity contribution in [1.29, 1.82) is 0 Å². The molecule has 1 amide bonds. The second-order valence-corrected chi connectivity index (χ2v) is 5.01. The van der Waals surface area contributed by atoms with Crippen molar-refractivity contribution in [2.24, 2.45) is 5.10 Å². The second kappa shape index (κ2) is 7.44. The van der Waals surface area contributed by atoms with Crippen molar-refractivity contribution in [3.05, 3.63) is 58.6 Å². The third-order valence-electron chi connectivity index (χ3n) is 2.51. The third kappa shape index (κ3) is 4.92. The van der Waals surface area contributed by atoms with Crippen LogP contribution in [-0.4, -0.2) is 23.8 Å². The lowest BCUT2D eigenvalue weighted by Gasteiger charge is -2.04. The van der Waals surface area contributed by atoms with Gasteiger partial charge in [-0.2, -0.15) is 5.10 Å². The summed E-state index contributed by atoms with van der Waals surface area (Å²) < 4.78 is 6.23. The molecule has 0 saturated carbocycles. The number of ether oxygens (including phenoxy) is 1. The molecule has 0 saturated heterocycles. The van der Waals surface area contributed by atoms with Gasteiger partial charge in [-0.3, -0.25) is 4.79 Å². The molecule has 2 N–H and O–H groups in total. The Balaban J connectivity index is 1.80. The Morgan fingerprint density at radius 3 is 2.67 bits per heavy atom. The zero-order valence-electron chi connectivity index (χ0n) is 11.0. The molecule has 0 radical (unpaired) electrons. The predicted molar refractivity (Wildman–Crippen MR) is 83.5 cm³/mol. The molecule has 0 heterocycles. The topological polar surface area (TPSA) is 70.9 Å². The van der Waals surface area contributed by atoms with Crippen LogP contribution in [0.25, 0.3) is 0 Å². The first-order valence-electron chi connectivity index (χ1n) is 6.13. The van der Waals surface area contributed by atoms with E-state index in [9.17, 15) is 9.90 Å². The molecule has 2 rings (SSSR count). The van der Waals surface area contributed by atoms with E-state index in [1.165, 1.54) is 6.21 Å². The summed E-state index contributed by atoms with van der Waals surface area (Å²) in [5.41, 5.74) is 2.85. The molecule has 0 spiro atoms. The number of amides is 1. The molecule has 5 nitrogen and oxygen atoms in total. The number of hydrogen-bond acceptors (Lipinski definition) is 4. The minimum absolute atomic E-state index is 0.0987. The Hall–Kier alpha value is -2.34. The van der Waals surface area contributed by atoms with Crippen LogP contribution in [0.1, 0.15) is 5.56 Å². The van der Waals surface area contributed by atoms with E-state index in [2.05, 4.69) is 26.5 Å². The van der Waals surface area contributed by atoms with Gasteiger partial charge in [0.05, 0.1) is 6.21 Å². The molecule has 2 aromatic rings. The van der Waals surface area contributed by atoms with E-state index in [-0.39, 0.29) is 18.3 Å². The van der Waals surface area contributed by atoms with Crippen LogP contribution >= 0.6 is 15.9 Å². The van der Waals surface area contributed by atoms with Gasteiger partial charge in [-0.25, -0.2) is 5.43 Å². The summed E-state index contributed by atoms with van der Waals surface area (Å²) in [5.74, 6) is 0.309. The number of nitrogens with zero attached hydrogens (tertiary/aromatic N) is 1. The van der Waals surface area contributed by atoms with E-state index >= 15 is 0 Å². The van der Waals surface area contributed by atoms with E-state index in [1.54, 1.807) is 36.4 Å². The van der Waals surface area contributed by atoms with E-state index in [0.29, 0.717) is 11.3 Å². The number of carbonyl (C=O) groups is 1. The molecule has 2 aromatic carbocycles. The molecular weight excluding hydrogens is 336 g/mol. The smallest absolute Gasteiger partial charge is 0.277 e. The summed E-state index contributed by atoms with van der Waals surface area (Å²) >= 11 is 3.31. The first-order chi connectivity index (χ1) is 10.1.